The summed E-state index contributed by atoms with van der Waals surface area (Å²) in [6.07, 6.45) is 4.53. The zero-order valence-electron chi connectivity index (χ0n) is 10.3. The molecule has 0 aliphatic rings. The van der Waals surface area contributed by atoms with E-state index in [2.05, 4.69) is 20.6 Å². The molecule has 1 rings (SSSR count). The van der Waals surface area contributed by atoms with Crippen molar-refractivity contribution in [3.8, 4) is 0 Å². The second-order valence-electron chi connectivity index (χ2n) is 3.43. The standard InChI is InChI=1S/C10H18N4OS2/c1-11-8-7-9(14-10(13-8)16-2)12-5-4-6-17(3)15/h7H,4-6H2,1-3H3,(H2,11,12,13,14). The Labute approximate surface area is 109 Å². The molecule has 5 nitrogen and oxygen atoms in total. The molecule has 1 atom stereocenters. The lowest BCUT2D eigenvalue weighted by molar-refractivity contribution is 0.685. The fourth-order valence-corrected chi connectivity index (χ4v) is 2.16. The van der Waals surface area contributed by atoms with Gasteiger partial charge in [-0.25, -0.2) is 9.97 Å². The minimum Gasteiger partial charge on any atom is -0.373 e. The van der Waals surface area contributed by atoms with Crippen molar-refractivity contribution in [3.05, 3.63) is 6.07 Å². The number of hydrogen-bond acceptors (Lipinski definition) is 6. The third kappa shape index (κ3) is 5.36. The molecule has 1 unspecified atom stereocenters. The van der Waals surface area contributed by atoms with E-state index in [4.69, 9.17) is 0 Å². The Morgan fingerprint density at radius 1 is 1.41 bits per heavy atom. The average Bonchev–Trinajstić information content (AvgIpc) is 2.34. The van der Waals surface area contributed by atoms with Gasteiger partial charge in [-0.05, 0) is 12.7 Å². The van der Waals surface area contributed by atoms with E-state index < -0.39 is 10.8 Å². The van der Waals surface area contributed by atoms with Gasteiger partial charge in [0, 0.05) is 42.5 Å². The maximum absolute atomic E-state index is 10.9. The Kier molecular flexibility index (Phi) is 6.28. The summed E-state index contributed by atoms with van der Waals surface area (Å²) in [5.41, 5.74) is 0. The molecular formula is C10H18N4OS2. The van der Waals surface area contributed by atoms with Crippen molar-refractivity contribution in [3.63, 3.8) is 0 Å². The summed E-state index contributed by atoms with van der Waals surface area (Å²) in [5, 5.41) is 6.94. The van der Waals surface area contributed by atoms with E-state index in [1.807, 2.05) is 19.4 Å². The van der Waals surface area contributed by atoms with E-state index in [-0.39, 0.29) is 0 Å². The molecule has 0 aliphatic carbocycles. The highest BCUT2D eigenvalue weighted by atomic mass is 32.2. The van der Waals surface area contributed by atoms with E-state index in [0.29, 0.717) is 5.75 Å². The maximum atomic E-state index is 10.9. The van der Waals surface area contributed by atoms with Gasteiger partial charge in [0.25, 0.3) is 0 Å². The molecule has 1 aromatic heterocycles. The number of nitrogens with one attached hydrogen (secondary N) is 2. The third-order valence-corrected chi connectivity index (χ3v) is 3.47. The van der Waals surface area contributed by atoms with Crippen molar-refractivity contribution in [2.24, 2.45) is 0 Å². The molecule has 0 aromatic carbocycles. The Hall–Kier alpha value is -0.820. The van der Waals surface area contributed by atoms with Crippen LogP contribution in [-0.2, 0) is 10.8 Å². The molecule has 0 radical (unpaired) electrons. The smallest absolute Gasteiger partial charge is 0.191 e. The highest BCUT2D eigenvalue weighted by Crippen LogP contribution is 2.16. The minimum absolute atomic E-state index is 0.715. The lowest BCUT2D eigenvalue weighted by Gasteiger charge is -2.08. The summed E-state index contributed by atoms with van der Waals surface area (Å²) in [7, 11) is 1.11. The summed E-state index contributed by atoms with van der Waals surface area (Å²) in [6.45, 7) is 0.771. The van der Waals surface area contributed by atoms with Gasteiger partial charge in [0.1, 0.15) is 11.6 Å². The van der Waals surface area contributed by atoms with E-state index in [1.165, 1.54) is 11.8 Å². The number of rotatable bonds is 7. The summed E-state index contributed by atoms with van der Waals surface area (Å²) in [5.74, 6) is 2.31. The van der Waals surface area contributed by atoms with E-state index >= 15 is 0 Å². The Morgan fingerprint density at radius 2 is 2.12 bits per heavy atom. The Balaban J connectivity index is 2.54. The monoisotopic (exact) mass is 274 g/mol. The number of nitrogens with zero attached hydrogens (tertiary/aromatic N) is 2. The van der Waals surface area contributed by atoms with Gasteiger partial charge in [0.2, 0.25) is 0 Å². The summed E-state index contributed by atoms with van der Waals surface area (Å²) < 4.78 is 10.9. The van der Waals surface area contributed by atoms with Crippen LogP contribution < -0.4 is 10.6 Å². The van der Waals surface area contributed by atoms with Crippen molar-refractivity contribution in [1.29, 1.82) is 0 Å². The highest BCUT2D eigenvalue weighted by Gasteiger charge is 2.02. The largest absolute Gasteiger partial charge is 0.373 e. The first kappa shape index (κ1) is 14.2. The zero-order chi connectivity index (χ0) is 12.7. The molecule has 0 amide bonds. The molecule has 0 saturated carbocycles. The van der Waals surface area contributed by atoms with Gasteiger partial charge >= 0.3 is 0 Å². The summed E-state index contributed by atoms with van der Waals surface area (Å²) in [6, 6.07) is 1.86. The topological polar surface area (TPSA) is 66.9 Å². The predicted octanol–water partition coefficient (Wildman–Crippen LogP) is 1.42. The van der Waals surface area contributed by atoms with Gasteiger partial charge in [-0.3, -0.25) is 4.21 Å². The van der Waals surface area contributed by atoms with Gasteiger partial charge in [0.15, 0.2) is 5.16 Å². The molecule has 0 aliphatic heterocycles. The first-order valence-corrected chi connectivity index (χ1v) is 8.25. The quantitative estimate of drug-likeness (QED) is 0.445. The molecule has 0 saturated heterocycles. The maximum Gasteiger partial charge on any atom is 0.191 e. The van der Waals surface area contributed by atoms with Gasteiger partial charge in [0.05, 0.1) is 0 Å². The van der Waals surface area contributed by atoms with Crippen LogP contribution in [0.1, 0.15) is 6.42 Å². The number of aromatic nitrogens is 2. The molecule has 17 heavy (non-hydrogen) atoms. The second kappa shape index (κ2) is 7.50. The van der Waals surface area contributed by atoms with Gasteiger partial charge in [-0.2, -0.15) is 0 Å². The lowest BCUT2D eigenvalue weighted by atomic mass is 10.4. The molecule has 7 heteroatoms. The molecule has 1 heterocycles. The molecule has 2 N–H and O–H groups in total. The van der Waals surface area contributed by atoms with E-state index in [0.717, 1.165) is 29.8 Å². The average molecular weight is 274 g/mol. The van der Waals surface area contributed by atoms with Crippen LogP contribution in [0.3, 0.4) is 0 Å². The first-order valence-electron chi connectivity index (χ1n) is 5.30. The van der Waals surface area contributed by atoms with Crippen LogP contribution in [0, 0.1) is 0 Å². The van der Waals surface area contributed by atoms with Crippen LogP contribution in [0.4, 0.5) is 11.6 Å². The van der Waals surface area contributed by atoms with Crippen molar-refractivity contribution < 1.29 is 4.21 Å². The SMILES string of the molecule is CNc1cc(NCCCS(C)=O)nc(SC)n1. The van der Waals surface area contributed by atoms with Crippen LogP contribution in [-0.4, -0.2) is 46.0 Å². The minimum atomic E-state index is -0.725. The molecule has 0 spiro atoms. The normalized spacial score (nSPS) is 12.2. The molecular weight excluding hydrogens is 256 g/mol. The zero-order valence-corrected chi connectivity index (χ0v) is 12.0. The Bertz CT molecular complexity index is 364. The molecule has 0 fully saturated rings. The van der Waals surface area contributed by atoms with Gasteiger partial charge < -0.3 is 10.6 Å². The van der Waals surface area contributed by atoms with Crippen molar-refractivity contribution in [1.82, 2.24) is 9.97 Å². The number of anilines is 2. The van der Waals surface area contributed by atoms with Crippen molar-refractivity contribution >= 4 is 34.2 Å². The molecule has 0 bridgehead atoms. The van der Waals surface area contributed by atoms with E-state index in [9.17, 15) is 4.21 Å². The number of thioether (sulfide) groups is 1. The van der Waals surface area contributed by atoms with Crippen LogP contribution in [0.25, 0.3) is 0 Å². The summed E-state index contributed by atoms with van der Waals surface area (Å²) >= 11 is 1.51. The van der Waals surface area contributed by atoms with Gasteiger partial charge in [-0.1, -0.05) is 11.8 Å². The summed E-state index contributed by atoms with van der Waals surface area (Å²) in [4.78, 5) is 8.62. The van der Waals surface area contributed by atoms with E-state index in [1.54, 1.807) is 6.26 Å². The fourth-order valence-electron chi connectivity index (χ4n) is 1.23. The van der Waals surface area contributed by atoms with Gasteiger partial charge in [-0.15, -0.1) is 0 Å². The van der Waals surface area contributed by atoms with Crippen molar-refractivity contribution in [2.75, 3.05) is 42.5 Å². The highest BCUT2D eigenvalue weighted by molar-refractivity contribution is 7.98. The lowest BCUT2D eigenvalue weighted by Crippen LogP contribution is -2.08. The van der Waals surface area contributed by atoms with Crippen LogP contribution >= 0.6 is 11.8 Å². The molecule has 96 valence electrons. The van der Waals surface area contributed by atoms with Crippen molar-refractivity contribution in [2.45, 2.75) is 11.6 Å². The van der Waals surface area contributed by atoms with Crippen LogP contribution in [0.15, 0.2) is 11.2 Å². The fraction of sp³-hybridized carbons (Fsp3) is 0.600. The Morgan fingerprint density at radius 3 is 2.71 bits per heavy atom. The number of hydrogen-bond donors (Lipinski definition) is 2. The van der Waals surface area contributed by atoms with Crippen LogP contribution in [0.5, 0.6) is 0 Å². The van der Waals surface area contributed by atoms with Crippen LogP contribution in [0.2, 0.25) is 0 Å². The third-order valence-electron chi connectivity index (χ3n) is 2.06. The second-order valence-corrected chi connectivity index (χ2v) is 5.76. The predicted molar refractivity (Wildman–Crippen MR) is 75.4 cm³/mol. The first-order chi connectivity index (χ1) is 8.15. The molecule has 1 aromatic rings.